The highest BCUT2D eigenvalue weighted by atomic mass is 19.1. The lowest BCUT2D eigenvalue weighted by atomic mass is 9.85. The molecule has 1 aromatic carbocycles. The molecule has 1 spiro atoms. The molecule has 3 atom stereocenters. The molecule has 0 radical (unpaired) electrons. The largest absolute Gasteiger partial charge is 0.503 e. The third kappa shape index (κ3) is 3.47. The van der Waals surface area contributed by atoms with Crippen molar-refractivity contribution in [2.45, 2.75) is 50.4 Å². The van der Waals surface area contributed by atoms with Crippen molar-refractivity contribution in [2.24, 2.45) is 5.73 Å². The Bertz CT molecular complexity index is 1340. The number of hydrogen-bond donors (Lipinski definition) is 2. The SMILES string of the molecule is C[C@H]1CC[C@]2(CC(=O)N(Cc3ccc(F)cc3F)O2)[C@H]2CN1C(=O)c1c(O)c(=O)c(C(N)=O)cn12. The van der Waals surface area contributed by atoms with Crippen molar-refractivity contribution in [3.8, 4) is 5.75 Å². The Labute approximate surface area is 197 Å². The summed E-state index contributed by atoms with van der Waals surface area (Å²) in [6, 6.07) is 1.94. The second kappa shape index (κ2) is 7.87. The van der Waals surface area contributed by atoms with E-state index in [1.807, 2.05) is 0 Å². The molecular formula is C23H22F2N4O6. The lowest BCUT2D eigenvalue weighted by Crippen LogP contribution is -2.52. The van der Waals surface area contributed by atoms with Crippen LogP contribution in [0.3, 0.4) is 0 Å². The molecule has 2 aromatic rings. The number of hydrogen-bond acceptors (Lipinski definition) is 6. The Balaban J connectivity index is 1.60. The lowest BCUT2D eigenvalue weighted by molar-refractivity contribution is -0.218. The second-order valence-electron chi connectivity index (χ2n) is 9.20. The Morgan fingerprint density at radius 1 is 1.29 bits per heavy atom. The minimum Gasteiger partial charge on any atom is -0.503 e. The van der Waals surface area contributed by atoms with Gasteiger partial charge in [0.25, 0.3) is 11.8 Å². The van der Waals surface area contributed by atoms with Crippen LogP contribution in [-0.2, 0) is 16.2 Å². The van der Waals surface area contributed by atoms with Crippen LogP contribution in [0.15, 0.2) is 29.2 Å². The maximum atomic E-state index is 14.2. The van der Waals surface area contributed by atoms with Gasteiger partial charge in [0.15, 0.2) is 11.4 Å². The molecule has 0 aliphatic carbocycles. The summed E-state index contributed by atoms with van der Waals surface area (Å²) in [6.07, 6.45) is 1.74. The van der Waals surface area contributed by atoms with E-state index in [1.165, 1.54) is 15.5 Å². The summed E-state index contributed by atoms with van der Waals surface area (Å²) in [4.78, 5) is 58.2. The fourth-order valence-electron chi connectivity index (χ4n) is 5.21. The topological polar surface area (TPSA) is 135 Å². The first kappa shape index (κ1) is 23.0. The van der Waals surface area contributed by atoms with Crippen molar-refractivity contribution in [1.82, 2.24) is 14.5 Å². The molecule has 4 heterocycles. The number of fused-ring (bicyclic) bond motifs is 5. The van der Waals surface area contributed by atoms with Gasteiger partial charge in [-0.25, -0.2) is 13.8 Å². The number of carbonyl (C=O) groups is 3. The third-order valence-corrected chi connectivity index (χ3v) is 7.12. The number of halogens is 2. The highest BCUT2D eigenvalue weighted by molar-refractivity contribution is 5.99. The number of aromatic nitrogens is 1. The number of pyridine rings is 1. The van der Waals surface area contributed by atoms with E-state index in [0.717, 1.165) is 17.3 Å². The van der Waals surface area contributed by atoms with E-state index in [2.05, 4.69) is 0 Å². The van der Waals surface area contributed by atoms with Crippen LogP contribution >= 0.6 is 0 Å². The molecule has 1 aromatic heterocycles. The van der Waals surface area contributed by atoms with E-state index in [9.17, 15) is 33.1 Å². The van der Waals surface area contributed by atoms with E-state index in [1.54, 1.807) is 6.92 Å². The van der Waals surface area contributed by atoms with Crippen LogP contribution in [-0.4, -0.2) is 55.5 Å². The predicted octanol–water partition coefficient (Wildman–Crippen LogP) is 1.21. The average molecular weight is 488 g/mol. The summed E-state index contributed by atoms with van der Waals surface area (Å²) in [5.74, 6) is -4.61. The molecular weight excluding hydrogens is 466 g/mol. The minimum absolute atomic E-state index is 0.0527. The molecule has 3 amide bonds. The van der Waals surface area contributed by atoms with Crippen molar-refractivity contribution < 1.29 is 33.1 Å². The molecule has 5 rings (SSSR count). The van der Waals surface area contributed by atoms with E-state index in [-0.39, 0.29) is 36.8 Å². The summed E-state index contributed by atoms with van der Waals surface area (Å²) >= 11 is 0. The summed E-state index contributed by atoms with van der Waals surface area (Å²) < 4.78 is 28.8. The maximum Gasteiger partial charge on any atom is 0.274 e. The zero-order valence-electron chi connectivity index (χ0n) is 18.7. The van der Waals surface area contributed by atoms with Gasteiger partial charge in [0.1, 0.15) is 22.8 Å². The maximum absolute atomic E-state index is 14.2. The monoisotopic (exact) mass is 488 g/mol. The van der Waals surface area contributed by atoms with Crippen LogP contribution in [0, 0.1) is 11.6 Å². The van der Waals surface area contributed by atoms with E-state index < -0.39 is 57.7 Å². The number of benzene rings is 1. The fraction of sp³-hybridized carbons (Fsp3) is 0.391. The van der Waals surface area contributed by atoms with Crippen LogP contribution in [0.2, 0.25) is 0 Å². The molecule has 3 N–H and O–H groups in total. The van der Waals surface area contributed by atoms with Gasteiger partial charge >= 0.3 is 0 Å². The van der Waals surface area contributed by atoms with Crippen molar-refractivity contribution in [1.29, 1.82) is 0 Å². The molecule has 2 bridgehead atoms. The van der Waals surface area contributed by atoms with Crippen LogP contribution in [0.5, 0.6) is 5.75 Å². The number of nitrogens with two attached hydrogens (primary N) is 1. The smallest absolute Gasteiger partial charge is 0.274 e. The highest BCUT2D eigenvalue weighted by Crippen LogP contribution is 2.47. The fourth-order valence-corrected chi connectivity index (χ4v) is 5.21. The highest BCUT2D eigenvalue weighted by Gasteiger charge is 2.56. The normalized spacial score (nSPS) is 25.7. The first-order valence-corrected chi connectivity index (χ1v) is 11.0. The Kier molecular flexibility index (Phi) is 5.16. The first-order valence-electron chi connectivity index (χ1n) is 11.0. The van der Waals surface area contributed by atoms with Gasteiger partial charge in [0.2, 0.25) is 11.3 Å². The van der Waals surface area contributed by atoms with E-state index >= 15 is 0 Å². The van der Waals surface area contributed by atoms with E-state index in [4.69, 9.17) is 10.6 Å². The molecule has 184 valence electrons. The summed E-state index contributed by atoms with van der Waals surface area (Å²) in [7, 11) is 0. The molecule has 0 unspecified atom stereocenters. The predicted molar refractivity (Wildman–Crippen MR) is 115 cm³/mol. The number of primary amides is 1. The second-order valence-corrected chi connectivity index (χ2v) is 9.20. The Hall–Kier alpha value is -3.80. The van der Waals surface area contributed by atoms with Crippen molar-refractivity contribution in [3.05, 3.63) is 63.1 Å². The summed E-state index contributed by atoms with van der Waals surface area (Å²) in [6.45, 7) is 1.62. The Morgan fingerprint density at radius 2 is 2.03 bits per heavy atom. The zero-order chi connectivity index (χ0) is 25.2. The standard InChI is InChI=1S/C23H22F2N4O6/c1-11-4-5-23(7-17(30)29(35-23)8-12-2-3-13(24)6-15(12)25)16-10-27(11)22(34)18-20(32)19(31)14(21(26)33)9-28(16)18/h2-3,6,9,11,16,32H,4-5,7-8,10H2,1H3,(H2,26,33)/t11-,16+,23-/m0/s1. The molecule has 3 aliphatic heterocycles. The molecule has 35 heavy (non-hydrogen) atoms. The average Bonchev–Trinajstić information content (AvgIpc) is 3.05. The minimum atomic E-state index is -1.22. The van der Waals surface area contributed by atoms with Gasteiger partial charge in [-0.3, -0.25) is 24.0 Å². The zero-order valence-corrected chi connectivity index (χ0v) is 18.7. The molecule has 2 saturated heterocycles. The number of aromatic hydroxyl groups is 1. The van der Waals surface area contributed by atoms with Gasteiger partial charge in [-0.2, -0.15) is 0 Å². The van der Waals surface area contributed by atoms with Crippen molar-refractivity contribution >= 4 is 17.7 Å². The number of carbonyl (C=O) groups excluding carboxylic acids is 3. The molecule has 2 fully saturated rings. The molecule has 10 nitrogen and oxygen atoms in total. The number of amides is 3. The van der Waals surface area contributed by atoms with Crippen LogP contribution in [0.4, 0.5) is 8.78 Å². The van der Waals surface area contributed by atoms with Gasteiger partial charge in [0.05, 0.1) is 19.0 Å². The van der Waals surface area contributed by atoms with Crippen LogP contribution in [0.25, 0.3) is 0 Å². The number of rotatable bonds is 3. The molecule has 12 heteroatoms. The molecule has 3 aliphatic rings. The first-order chi connectivity index (χ1) is 16.5. The number of hydroxylamine groups is 2. The lowest BCUT2D eigenvalue weighted by Gasteiger charge is -2.42. The van der Waals surface area contributed by atoms with Gasteiger partial charge in [-0.15, -0.1) is 0 Å². The summed E-state index contributed by atoms with van der Waals surface area (Å²) in [5.41, 5.74) is 2.27. The third-order valence-electron chi connectivity index (χ3n) is 7.12. The van der Waals surface area contributed by atoms with Gasteiger partial charge in [-0.1, -0.05) is 6.07 Å². The van der Waals surface area contributed by atoms with Crippen molar-refractivity contribution in [2.75, 3.05) is 6.54 Å². The van der Waals surface area contributed by atoms with Gasteiger partial charge in [-0.05, 0) is 25.8 Å². The Morgan fingerprint density at radius 3 is 2.71 bits per heavy atom. The van der Waals surface area contributed by atoms with Crippen LogP contribution in [0.1, 0.15) is 58.6 Å². The summed E-state index contributed by atoms with van der Waals surface area (Å²) in [5, 5.41) is 11.6. The van der Waals surface area contributed by atoms with Gasteiger partial charge in [0, 0.05) is 30.4 Å². The quantitative estimate of drug-likeness (QED) is 0.667. The van der Waals surface area contributed by atoms with Gasteiger partial charge < -0.3 is 20.3 Å². The van der Waals surface area contributed by atoms with Crippen molar-refractivity contribution in [3.63, 3.8) is 0 Å². The van der Waals surface area contributed by atoms with Crippen LogP contribution < -0.4 is 11.2 Å². The van der Waals surface area contributed by atoms with E-state index in [0.29, 0.717) is 18.9 Å². The molecule has 0 saturated carbocycles. The number of nitrogens with zero attached hydrogens (tertiary/aromatic N) is 3.